The fraction of sp³-hybridized carbons (Fsp3) is 0.273. The molecule has 0 aromatic heterocycles. The summed E-state index contributed by atoms with van der Waals surface area (Å²) in [7, 11) is 0. The maximum atomic E-state index is 11.7. The molecule has 1 aromatic rings. The van der Waals surface area contributed by atoms with E-state index < -0.39 is 11.9 Å². The fourth-order valence-corrected chi connectivity index (χ4v) is 2.52. The van der Waals surface area contributed by atoms with Crippen LogP contribution in [0.4, 0.5) is 0 Å². The number of ketones is 1. The summed E-state index contributed by atoms with van der Waals surface area (Å²) in [4.78, 5) is 22.5. The van der Waals surface area contributed by atoms with Gasteiger partial charge >= 0.3 is 5.97 Å². The lowest BCUT2D eigenvalue weighted by Gasteiger charge is -2.02. The summed E-state index contributed by atoms with van der Waals surface area (Å²) < 4.78 is 0. The Bertz CT molecular complexity index is 450. The number of hydrogen-bond acceptors (Lipinski definition) is 2. The van der Waals surface area contributed by atoms with Gasteiger partial charge in [0.05, 0.1) is 5.92 Å². The van der Waals surface area contributed by atoms with E-state index in [2.05, 4.69) is 0 Å². The SMILES string of the molecule is O=C(O)[C@H]1[C@@H]2C(=O)c3ccccc3[C@H]12. The number of carbonyl (C=O) groups is 2. The van der Waals surface area contributed by atoms with Crippen molar-refractivity contribution in [1.29, 1.82) is 0 Å². The second kappa shape index (κ2) is 2.23. The molecule has 3 nitrogen and oxygen atoms in total. The molecular weight excluding hydrogens is 180 g/mol. The second-order valence-electron chi connectivity index (χ2n) is 3.87. The highest BCUT2D eigenvalue weighted by Gasteiger charge is 2.64. The average Bonchev–Trinajstić information content (AvgIpc) is 2.85. The largest absolute Gasteiger partial charge is 0.481 e. The minimum atomic E-state index is -0.845. The molecule has 0 unspecified atom stereocenters. The summed E-state index contributed by atoms with van der Waals surface area (Å²) in [5.74, 6) is -1.61. The van der Waals surface area contributed by atoms with Gasteiger partial charge in [0.25, 0.3) is 0 Å². The van der Waals surface area contributed by atoms with Gasteiger partial charge in [-0.1, -0.05) is 24.3 Å². The molecule has 0 amide bonds. The van der Waals surface area contributed by atoms with Crippen molar-refractivity contribution in [1.82, 2.24) is 0 Å². The van der Waals surface area contributed by atoms with Crippen LogP contribution in [0.2, 0.25) is 0 Å². The molecule has 0 spiro atoms. The van der Waals surface area contributed by atoms with Gasteiger partial charge in [0, 0.05) is 17.4 Å². The summed E-state index contributed by atoms with van der Waals surface area (Å²) in [6.45, 7) is 0. The van der Waals surface area contributed by atoms with Crippen molar-refractivity contribution < 1.29 is 14.7 Å². The molecule has 0 heterocycles. The van der Waals surface area contributed by atoms with E-state index >= 15 is 0 Å². The molecule has 0 bridgehead atoms. The topological polar surface area (TPSA) is 54.4 Å². The van der Waals surface area contributed by atoms with Gasteiger partial charge < -0.3 is 5.11 Å². The number of fused-ring (bicyclic) bond motifs is 3. The molecular formula is C11H8O3. The Balaban J connectivity index is 2.10. The average molecular weight is 188 g/mol. The van der Waals surface area contributed by atoms with Crippen molar-refractivity contribution >= 4 is 11.8 Å². The van der Waals surface area contributed by atoms with Crippen molar-refractivity contribution in [3.05, 3.63) is 35.4 Å². The van der Waals surface area contributed by atoms with E-state index in [0.717, 1.165) is 11.1 Å². The van der Waals surface area contributed by atoms with Crippen LogP contribution in [0, 0.1) is 11.8 Å². The standard InChI is InChI=1S/C11H8O3/c12-10-6-4-2-1-3-5(6)7-8(10)9(7)11(13)14/h1-4,7-9H,(H,13,14)/t7-,8+,9+/m0/s1. The van der Waals surface area contributed by atoms with E-state index in [9.17, 15) is 9.59 Å². The van der Waals surface area contributed by atoms with Gasteiger partial charge in [0.1, 0.15) is 0 Å². The van der Waals surface area contributed by atoms with Gasteiger partial charge in [-0.3, -0.25) is 9.59 Å². The monoisotopic (exact) mass is 188 g/mol. The lowest BCUT2D eigenvalue weighted by atomic mass is 10.0. The van der Waals surface area contributed by atoms with Crippen molar-refractivity contribution in [2.45, 2.75) is 5.92 Å². The van der Waals surface area contributed by atoms with Gasteiger partial charge in [-0.15, -0.1) is 0 Å². The number of carboxylic acid groups (broad SMARTS) is 1. The lowest BCUT2D eigenvalue weighted by Crippen LogP contribution is -2.09. The molecule has 2 aliphatic carbocycles. The van der Waals surface area contributed by atoms with Crippen LogP contribution in [0.3, 0.4) is 0 Å². The van der Waals surface area contributed by atoms with Crippen LogP contribution in [0.15, 0.2) is 24.3 Å². The van der Waals surface area contributed by atoms with Crippen LogP contribution in [-0.2, 0) is 4.79 Å². The molecule has 0 aliphatic heterocycles. The Hall–Kier alpha value is -1.64. The van der Waals surface area contributed by atoms with Gasteiger partial charge in [0.2, 0.25) is 0 Å². The van der Waals surface area contributed by atoms with Gasteiger partial charge in [-0.2, -0.15) is 0 Å². The van der Waals surface area contributed by atoms with Gasteiger partial charge in [-0.25, -0.2) is 0 Å². The quantitative estimate of drug-likeness (QED) is 0.722. The predicted molar refractivity (Wildman–Crippen MR) is 48.1 cm³/mol. The molecule has 0 radical (unpaired) electrons. The number of rotatable bonds is 1. The molecule has 1 N–H and O–H groups in total. The molecule has 14 heavy (non-hydrogen) atoms. The third-order valence-electron chi connectivity index (χ3n) is 3.19. The first-order valence-electron chi connectivity index (χ1n) is 4.58. The number of aliphatic carboxylic acids is 1. The first kappa shape index (κ1) is 7.74. The highest BCUT2D eigenvalue weighted by atomic mass is 16.4. The summed E-state index contributed by atoms with van der Waals surface area (Å²) in [5.41, 5.74) is 1.65. The first-order valence-corrected chi connectivity index (χ1v) is 4.58. The summed E-state index contributed by atoms with van der Waals surface area (Å²) in [6.07, 6.45) is 0. The number of hydrogen-bond donors (Lipinski definition) is 1. The third-order valence-corrected chi connectivity index (χ3v) is 3.19. The summed E-state index contributed by atoms with van der Waals surface area (Å²) in [6, 6.07) is 7.31. The van der Waals surface area contributed by atoms with E-state index in [4.69, 9.17) is 5.11 Å². The maximum absolute atomic E-state index is 11.7. The number of benzene rings is 1. The number of carboxylic acids is 1. The van der Waals surface area contributed by atoms with Crippen LogP contribution >= 0.6 is 0 Å². The predicted octanol–water partition coefficient (Wildman–Crippen LogP) is 1.30. The van der Waals surface area contributed by atoms with Crippen molar-refractivity contribution in [2.75, 3.05) is 0 Å². The van der Waals surface area contributed by atoms with Crippen LogP contribution in [-0.4, -0.2) is 16.9 Å². The zero-order chi connectivity index (χ0) is 9.87. The Kier molecular flexibility index (Phi) is 1.23. The summed E-state index contributed by atoms with van der Waals surface area (Å²) in [5, 5.41) is 8.85. The van der Waals surface area contributed by atoms with Gasteiger partial charge in [-0.05, 0) is 5.56 Å². The first-order chi connectivity index (χ1) is 6.72. The van der Waals surface area contributed by atoms with Crippen LogP contribution < -0.4 is 0 Å². The van der Waals surface area contributed by atoms with Crippen molar-refractivity contribution in [2.24, 2.45) is 11.8 Å². The number of Topliss-reactive ketones (excluding diaryl/α,β-unsaturated/α-hetero) is 1. The molecule has 0 saturated heterocycles. The molecule has 70 valence electrons. The minimum Gasteiger partial charge on any atom is -0.481 e. The summed E-state index contributed by atoms with van der Waals surface area (Å²) >= 11 is 0. The van der Waals surface area contributed by atoms with Crippen LogP contribution in [0.1, 0.15) is 21.8 Å². The highest BCUT2D eigenvalue weighted by Crippen LogP contribution is 2.61. The van der Waals surface area contributed by atoms with E-state index in [-0.39, 0.29) is 17.6 Å². The van der Waals surface area contributed by atoms with E-state index in [0.29, 0.717) is 0 Å². The zero-order valence-corrected chi connectivity index (χ0v) is 7.31. The molecule has 3 atom stereocenters. The Morgan fingerprint density at radius 3 is 2.64 bits per heavy atom. The fourth-order valence-electron chi connectivity index (χ4n) is 2.52. The van der Waals surface area contributed by atoms with Crippen LogP contribution in [0.5, 0.6) is 0 Å². The minimum absolute atomic E-state index is 0.0120. The molecule has 1 fully saturated rings. The lowest BCUT2D eigenvalue weighted by molar-refractivity contribution is -0.138. The van der Waals surface area contributed by atoms with Crippen LogP contribution in [0.25, 0.3) is 0 Å². The van der Waals surface area contributed by atoms with Gasteiger partial charge in [0.15, 0.2) is 5.78 Å². The molecule has 1 aromatic carbocycles. The Morgan fingerprint density at radius 1 is 1.21 bits per heavy atom. The highest BCUT2D eigenvalue weighted by molar-refractivity contribution is 6.09. The van der Waals surface area contributed by atoms with E-state index in [1.807, 2.05) is 18.2 Å². The van der Waals surface area contributed by atoms with E-state index in [1.54, 1.807) is 6.07 Å². The zero-order valence-electron chi connectivity index (χ0n) is 7.31. The van der Waals surface area contributed by atoms with Crippen molar-refractivity contribution in [3.63, 3.8) is 0 Å². The second-order valence-corrected chi connectivity index (χ2v) is 3.87. The Morgan fingerprint density at radius 2 is 1.93 bits per heavy atom. The molecule has 1 saturated carbocycles. The molecule has 3 rings (SSSR count). The smallest absolute Gasteiger partial charge is 0.307 e. The molecule has 2 aliphatic rings. The van der Waals surface area contributed by atoms with Crippen molar-refractivity contribution in [3.8, 4) is 0 Å². The number of carbonyl (C=O) groups excluding carboxylic acids is 1. The Labute approximate surface area is 80.4 Å². The maximum Gasteiger partial charge on any atom is 0.307 e. The normalized spacial score (nSPS) is 32.3. The molecule has 3 heteroatoms. The van der Waals surface area contributed by atoms with E-state index in [1.165, 1.54) is 0 Å². The third kappa shape index (κ3) is 0.726.